The third kappa shape index (κ3) is 3.44. The van der Waals surface area contributed by atoms with Gasteiger partial charge in [0.15, 0.2) is 0 Å². The lowest BCUT2D eigenvalue weighted by Crippen LogP contribution is -2.46. The third-order valence-corrected chi connectivity index (χ3v) is 4.46. The number of aromatic nitrogens is 2. The Hall–Kier alpha value is -1.40. The standard InChI is InChI=1S/C15H24N4O2/c1-12-14(17-11-16-12)15(20)19-4-2-3-13(10-19)9-18-5-7-21-8-6-18/h11,13H,2-10H2,1H3,(H,16,17)/t13-/m0/s1. The minimum absolute atomic E-state index is 0.0698. The Kier molecular flexibility index (Phi) is 4.55. The van der Waals surface area contributed by atoms with Gasteiger partial charge in [0.2, 0.25) is 0 Å². The molecule has 3 heterocycles. The number of nitrogens with one attached hydrogen (secondary N) is 1. The number of nitrogens with zero attached hydrogens (tertiary/aromatic N) is 3. The summed E-state index contributed by atoms with van der Waals surface area (Å²) in [6.45, 7) is 8.38. The van der Waals surface area contributed by atoms with Crippen LogP contribution in [0.2, 0.25) is 0 Å². The number of hydrogen-bond acceptors (Lipinski definition) is 4. The van der Waals surface area contributed by atoms with Crippen molar-refractivity contribution in [3.63, 3.8) is 0 Å². The van der Waals surface area contributed by atoms with Crippen LogP contribution < -0.4 is 0 Å². The molecule has 2 saturated heterocycles. The van der Waals surface area contributed by atoms with Crippen LogP contribution in [0, 0.1) is 12.8 Å². The molecule has 3 rings (SSSR count). The Balaban J connectivity index is 1.57. The summed E-state index contributed by atoms with van der Waals surface area (Å²) in [7, 11) is 0. The molecule has 0 bridgehead atoms. The Labute approximate surface area is 125 Å². The first-order chi connectivity index (χ1) is 10.2. The summed E-state index contributed by atoms with van der Waals surface area (Å²) in [5.41, 5.74) is 1.43. The quantitative estimate of drug-likeness (QED) is 0.899. The summed E-state index contributed by atoms with van der Waals surface area (Å²) >= 11 is 0. The van der Waals surface area contributed by atoms with Gasteiger partial charge in [-0.25, -0.2) is 4.98 Å². The molecule has 2 aliphatic rings. The van der Waals surface area contributed by atoms with Crippen LogP contribution in [0.3, 0.4) is 0 Å². The van der Waals surface area contributed by atoms with E-state index in [0.717, 1.165) is 58.1 Å². The predicted octanol–water partition coefficient (Wildman–Crippen LogP) is 0.903. The second kappa shape index (κ2) is 6.58. The van der Waals surface area contributed by atoms with Crippen molar-refractivity contribution in [3.8, 4) is 0 Å². The number of likely N-dealkylation sites (tertiary alicyclic amines) is 1. The minimum atomic E-state index is 0.0698. The Bertz CT molecular complexity index is 482. The number of hydrogen-bond donors (Lipinski definition) is 1. The van der Waals surface area contributed by atoms with E-state index in [1.54, 1.807) is 6.33 Å². The molecule has 6 nitrogen and oxygen atoms in total. The van der Waals surface area contributed by atoms with Crippen LogP contribution in [0.5, 0.6) is 0 Å². The molecule has 0 aliphatic carbocycles. The smallest absolute Gasteiger partial charge is 0.274 e. The number of amides is 1. The maximum Gasteiger partial charge on any atom is 0.274 e. The maximum absolute atomic E-state index is 12.5. The molecule has 2 aliphatic heterocycles. The molecule has 0 saturated carbocycles. The predicted molar refractivity (Wildman–Crippen MR) is 79.2 cm³/mol. The van der Waals surface area contributed by atoms with Crippen molar-refractivity contribution in [1.82, 2.24) is 19.8 Å². The van der Waals surface area contributed by atoms with Gasteiger partial charge in [0.25, 0.3) is 5.91 Å². The van der Waals surface area contributed by atoms with Crippen molar-refractivity contribution in [2.75, 3.05) is 45.9 Å². The first kappa shape index (κ1) is 14.5. The Morgan fingerprint density at radius 3 is 2.95 bits per heavy atom. The van der Waals surface area contributed by atoms with Crippen molar-refractivity contribution >= 4 is 5.91 Å². The van der Waals surface area contributed by atoms with E-state index in [0.29, 0.717) is 11.6 Å². The molecule has 0 aromatic carbocycles. The monoisotopic (exact) mass is 292 g/mol. The van der Waals surface area contributed by atoms with Crippen molar-refractivity contribution in [2.45, 2.75) is 19.8 Å². The van der Waals surface area contributed by atoms with Crippen molar-refractivity contribution in [1.29, 1.82) is 0 Å². The lowest BCUT2D eigenvalue weighted by Gasteiger charge is -2.36. The van der Waals surface area contributed by atoms with Crippen LogP contribution in [-0.4, -0.2) is 71.6 Å². The van der Waals surface area contributed by atoms with Gasteiger partial charge in [0.1, 0.15) is 5.69 Å². The van der Waals surface area contributed by atoms with Crippen LogP contribution in [0.4, 0.5) is 0 Å². The number of imidazole rings is 1. The maximum atomic E-state index is 12.5. The lowest BCUT2D eigenvalue weighted by molar-refractivity contribution is 0.0223. The molecular weight excluding hydrogens is 268 g/mol. The van der Waals surface area contributed by atoms with Crippen LogP contribution in [0.25, 0.3) is 0 Å². The van der Waals surface area contributed by atoms with Gasteiger partial charge in [0, 0.05) is 38.4 Å². The number of carbonyl (C=O) groups is 1. The molecule has 1 N–H and O–H groups in total. The highest BCUT2D eigenvalue weighted by atomic mass is 16.5. The van der Waals surface area contributed by atoms with Gasteiger partial charge < -0.3 is 14.6 Å². The van der Waals surface area contributed by atoms with Crippen LogP contribution in [-0.2, 0) is 4.74 Å². The van der Waals surface area contributed by atoms with Gasteiger partial charge in [-0.15, -0.1) is 0 Å². The molecule has 6 heteroatoms. The molecule has 0 radical (unpaired) electrons. The number of ether oxygens (including phenoxy) is 1. The average molecular weight is 292 g/mol. The number of aryl methyl sites for hydroxylation is 1. The molecule has 1 amide bonds. The Morgan fingerprint density at radius 1 is 1.43 bits per heavy atom. The topological polar surface area (TPSA) is 61.5 Å². The first-order valence-electron chi connectivity index (χ1n) is 7.83. The van der Waals surface area contributed by atoms with Gasteiger partial charge >= 0.3 is 0 Å². The molecule has 0 spiro atoms. The number of H-pyrrole nitrogens is 1. The molecular formula is C15H24N4O2. The highest BCUT2D eigenvalue weighted by Gasteiger charge is 2.27. The van der Waals surface area contributed by atoms with Crippen LogP contribution in [0.1, 0.15) is 29.0 Å². The van der Waals surface area contributed by atoms with E-state index in [-0.39, 0.29) is 5.91 Å². The largest absolute Gasteiger partial charge is 0.379 e. The highest BCUT2D eigenvalue weighted by molar-refractivity contribution is 5.93. The molecule has 2 fully saturated rings. The normalized spacial score (nSPS) is 24.2. The van der Waals surface area contributed by atoms with Crippen LogP contribution in [0.15, 0.2) is 6.33 Å². The van der Waals surface area contributed by atoms with Crippen molar-refractivity contribution < 1.29 is 9.53 Å². The summed E-state index contributed by atoms with van der Waals surface area (Å²) < 4.78 is 5.39. The molecule has 116 valence electrons. The zero-order valence-electron chi connectivity index (χ0n) is 12.7. The van der Waals surface area contributed by atoms with Gasteiger partial charge in [-0.05, 0) is 25.7 Å². The lowest BCUT2D eigenvalue weighted by atomic mass is 9.97. The van der Waals surface area contributed by atoms with Crippen LogP contribution >= 0.6 is 0 Å². The fourth-order valence-corrected chi connectivity index (χ4v) is 3.27. The zero-order chi connectivity index (χ0) is 14.7. The highest BCUT2D eigenvalue weighted by Crippen LogP contribution is 2.20. The summed E-state index contributed by atoms with van der Waals surface area (Å²) in [6.07, 6.45) is 3.89. The van der Waals surface area contributed by atoms with Gasteiger partial charge in [-0.1, -0.05) is 0 Å². The second-order valence-electron chi connectivity index (χ2n) is 6.05. The SMILES string of the molecule is Cc1[nH]cnc1C(=O)N1CCC[C@@H](CN2CCOCC2)C1. The molecule has 1 atom stereocenters. The number of rotatable bonds is 3. The summed E-state index contributed by atoms with van der Waals surface area (Å²) in [6, 6.07) is 0. The third-order valence-electron chi connectivity index (χ3n) is 4.46. The summed E-state index contributed by atoms with van der Waals surface area (Å²) in [5, 5.41) is 0. The van der Waals surface area contributed by atoms with Gasteiger partial charge in [-0.2, -0.15) is 0 Å². The molecule has 0 unspecified atom stereocenters. The summed E-state index contributed by atoms with van der Waals surface area (Å²) in [4.78, 5) is 24.1. The van der Waals surface area contributed by atoms with Gasteiger partial charge in [-0.3, -0.25) is 9.69 Å². The van der Waals surface area contributed by atoms with E-state index in [1.165, 1.54) is 6.42 Å². The fourth-order valence-electron chi connectivity index (χ4n) is 3.27. The van der Waals surface area contributed by atoms with Crippen molar-refractivity contribution in [2.24, 2.45) is 5.92 Å². The number of carbonyl (C=O) groups excluding carboxylic acids is 1. The van der Waals surface area contributed by atoms with E-state index < -0.39 is 0 Å². The molecule has 1 aromatic rings. The zero-order valence-corrected chi connectivity index (χ0v) is 12.7. The van der Waals surface area contributed by atoms with E-state index in [2.05, 4.69) is 14.9 Å². The number of morpholine rings is 1. The van der Waals surface area contributed by atoms with E-state index >= 15 is 0 Å². The first-order valence-corrected chi connectivity index (χ1v) is 7.83. The van der Waals surface area contributed by atoms with E-state index in [4.69, 9.17) is 4.74 Å². The fraction of sp³-hybridized carbons (Fsp3) is 0.733. The average Bonchev–Trinajstić information content (AvgIpc) is 2.94. The minimum Gasteiger partial charge on any atom is -0.379 e. The molecule has 1 aromatic heterocycles. The number of aromatic amines is 1. The van der Waals surface area contributed by atoms with Gasteiger partial charge in [0.05, 0.1) is 19.5 Å². The second-order valence-corrected chi connectivity index (χ2v) is 6.05. The van der Waals surface area contributed by atoms with Crippen molar-refractivity contribution in [3.05, 3.63) is 17.7 Å². The molecule has 21 heavy (non-hydrogen) atoms. The number of piperidine rings is 1. The van der Waals surface area contributed by atoms with E-state index in [9.17, 15) is 4.79 Å². The Morgan fingerprint density at radius 2 is 2.24 bits per heavy atom. The van der Waals surface area contributed by atoms with E-state index in [1.807, 2.05) is 11.8 Å². The summed E-state index contributed by atoms with van der Waals surface area (Å²) in [5.74, 6) is 0.639.